The van der Waals surface area contributed by atoms with Gasteiger partial charge in [0.15, 0.2) is 0 Å². The van der Waals surface area contributed by atoms with Crippen molar-refractivity contribution in [2.45, 2.75) is 5.92 Å². The predicted octanol–water partition coefficient (Wildman–Crippen LogP) is 1.25. The van der Waals surface area contributed by atoms with E-state index in [1.165, 1.54) is 5.56 Å². The zero-order valence-electron chi connectivity index (χ0n) is 6.75. The molecule has 2 nitrogen and oxygen atoms in total. The molecule has 2 heteroatoms. The van der Waals surface area contributed by atoms with E-state index in [-0.39, 0.29) is 0 Å². The summed E-state index contributed by atoms with van der Waals surface area (Å²) in [6, 6.07) is 10.1. The van der Waals surface area contributed by atoms with Crippen molar-refractivity contribution in [3.63, 3.8) is 0 Å². The summed E-state index contributed by atoms with van der Waals surface area (Å²) in [5.74, 6) is 0.556. The lowest BCUT2D eigenvalue weighted by Crippen LogP contribution is -2.40. The van der Waals surface area contributed by atoms with Gasteiger partial charge in [-0.05, 0) is 11.6 Å². The summed E-state index contributed by atoms with van der Waals surface area (Å²) in [4.78, 5) is 0. The fraction of sp³-hybridized carbons (Fsp3) is 0.300. The summed E-state index contributed by atoms with van der Waals surface area (Å²) in [5.41, 5.74) is 2.02. The van der Waals surface area contributed by atoms with Crippen molar-refractivity contribution in [2.75, 3.05) is 13.1 Å². The van der Waals surface area contributed by atoms with Gasteiger partial charge in [0.2, 0.25) is 0 Å². The summed E-state index contributed by atoms with van der Waals surface area (Å²) in [5, 5.41) is 12.0. The molecule has 1 fully saturated rings. The molecule has 1 N–H and O–H groups in total. The molecule has 0 radical (unpaired) electrons. The van der Waals surface area contributed by atoms with Crippen molar-refractivity contribution in [1.29, 1.82) is 5.26 Å². The van der Waals surface area contributed by atoms with Crippen molar-refractivity contribution >= 4 is 0 Å². The summed E-state index contributed by atoms with van der Waals surface area (Å²) in [7, 11) is 0. The normalized spacial score (nSPS) is 16.6. The number of nitriles is 1. The first-order valence-electron chi connectivity index (χ1n) is 4.11. The summed E-state index contributed by atoms with van der Waals surface area (Å²) in [6.07, 6.45) is 0. The van der Waals surface area contributed by atoms with E-state index in [1.54, 1.807) is 0 Å². The molecule has 12 heavy (non-hydrogen) atoms. The van der Waals surface area contributed by atoms with Gasteiger partial charge in [0, 0.05) is 19.0 Å². The zero-order valence-corrected chi connectivity index (χ0v) is 6.75. The van der Waals surface area contributed by atoms with Crippen molar-refractivity contribution < 1.29 is 0 Å². The van der Waals surface area contributed by atoms with Crippen LogP contribution in [0.2, 0.25) is 0 Å². The summed E-state index contributed by atoms with van der Waals surface area (Å²) >= 11 is 0. The molecule has 0 aromatic heterocycles. The minimum atomic E-state index is 0.556. The maximum Gasteiger partial charge on any atom is 0.0994 e. The highest BCUT2D eigenvalue weighted by atomic mass is 14.9. The highest BCUT2D eigenvalue weighted by Gasteiger charge is 2.20. The second-order valence-electron chi connectivity index (χ2n) is 3.05. The lowest BCUT2D eigenvalue weighted by Gasteiger charge is -2.28. The third-order valence-electron chi connectivity index (χ3n) is 2.30. The average molecular weight is 158 g/mol. The van der Waals surface area contributed by atoms with Crippen LogP contribution < -0.4 is 5.32 Å². The molecule has 1 aromatic rings. The second kappa shape index (κ2) is 2.96. The second-order valence-corrected chi connectivity index (χ2v) is 3.05. The lowest BCUT2D eigenvalue weighted by molar-refractivity contribution is 0.448. The van der Waals surface area contributed by atoms with E-state index in [0.717, 1.165) is 18.7 Å². The van der Waals surface area contributed by atoms with Crippen LogP contribution in [-0.4, -0.2) is 13.1 Å². The fourth-order valence-electron chi connectivity index (χ4n) is 1.46. The van der Waals surface area contributed by atoms with Gasteiger partial charge in [0.25, 0.3) is 0 Å². The number of nitrogens with zero attached hydrogens (tertiary/aromatic N) is 1. The first-order chi connectivity index (χ1) is 5.92. The van der Waals surface area contributed by atoms with Gasteiger partial charge in [0.05, 0.1) is 11.6 Å². The van der Waals surface area contributed by atoms with Crippen LogP contribution in [0.4, 0.5) is 0 Å². The molecular formula is C10H10N2. The van der Waals surface area contributed by atoms with E-state index in [0.29, 0.717) is 5.92 Å². The minimum Gasteiger partial charge on any atom is -0.315 e. The molecule has 2 rings (SSSR count). The first kappa shape index (κ1) is 7.33. The SMILES string of the molecule is N#Cc1ccccc1C1CNC1. The molecule has 0 unspecified atom stereocenters. The Kier molecular flexibility index (Phi) is 1.81. The predicted molar refractivity (Wildman–Crippen MR) is 46.8 cm³/mol. The molecule has 1 heterocycles. The van der Waals surface area contributed by atoms with Crippen LogP contribution in [0, 0.1) is 11.3 Å². The number of nitrogens with one attached hydrogen (secondary N) is 1. The van der Waals surface area contributed by atoms with Gasteiger partial charge in [-0.2, -0.15) is 5.26 Å². The Morgan fingerprint density at radius 1 is 1.33 bits per heavy atom. The molecule has 1 saturated heterocycles. The quantitative estimate of drug-likeness (QED) is 0.667. The molecule has 1 aliphatic rings. The average Bonchev–Trinajstić information content (AvgIpc) is 2.02. The van der Waals surface area contributed by atoms with E-state index >= 15 is 0 Å². The van der Waals surface area contributed by atoms with Gasteiger partial charge < -0.3 is 5.32 Å². The number of rotatable bonds is 1. The van der Waals surface area contributed by atoms with Crippen LogP contribution in [0.15, 0.2) is 24.3 Å². The maximum atomic E-state index is 8.82. The monoisotopic (exact) mass is 158 g/mol. The van der Waals surface area contributed by atoms with Crippen LogP contribution >= 0.6 is 0 Å². The van der Waals surface area contributed by atoms with Crippen LogP contribution in [-0.2, 0) is 0 Å². The highest BCUT2D eigenvalue weighted by Crippen LogP contribution is 2.22. The number of hydrogen-bond donors (Lipinski definition) is 1. The summed E-state index contributed by atoms with van der Waals surface area (Å²) < 4.78 is 0. The Hall–Kier alpha value is -1.33. The van der Waals surface area contributed by atoms with Gasteiger partial charge in [-0.1, -0.05) is 18.2 Å². The molecule has 0 atom stereocenters. The topological polar surface area (TPSA) is 35.8 Å². The van der Waals surface area contributed by atoms with Gasteiger partial charge in [0.1, 0.15) is 0 Å². The molecule has 0 saturated carbocycles. The zero-order chi connectivity index (χ0) is 8.39. The van der Waals surface area contributed by atoms with Crippen molar-refractivity contribution in [1.82, 2.24) is 5.32 Å². The standard InChI is InChI=1S/C10H10N2/c11-5-8-3-1-2-4-10(8)9-6-12-7-9/h1-4,9,12H,6-7H2. The Morgan fingerprint density at radius 2 is 2.08 bits per heavy atom. The smallest absolute Gasteiger partial charge is 0.0994 e. The minimum absolute atomic E-state index is 0.556. The largest absolute Gasteiger partial charge is 0.315 e. The molecular weight excluding hydrogens is 148 g/mol. The Labute approximate surface area is 71.8 Å². The molecule has 0 spiro atoms. The van der Waals surface area contributed by atoms with Gasteiger partial charge >= 0.3 is 0 Å². The maximum absolute atomic E-state index is 8.82. The van der Waals surface area contributed by atoms with E-state index < -0.39 is 0 Å². The van der Waals surface area contributed by atoms with Crippen molar-refractivity contribution in [2.24, 2.45) is 0 Å². The fourth-order valence-corrected chi connectivity index (χ4v) is 1.46. The van der Waals surface area contributed by atoms with Gasteiger partial charge in [-0.3, -0.25) is 0 Å². The Bertz CT molecular complexity index is 321. The Balaban J connectivity index is 2.35. The molecule has 0 bridgehead atoms. The van der Waals surface area contributed by atoms with E-state index in [9.17, 15) is 0 Å². The lowest BCUT2D eigenvalue weighted by atomic mass is 9.90. The third kappa shape index (κ3) is 1.09. The van der Waals surface area contributed by atoms with Gasteiger partial charge in [-0.25, -0.2) is 0 Å². The van der Waals surface area contributed by atoms with E-state index in [2.05, 4.69) is 11.4 Å². The van der Waals surface area contributed by atoms with Crippen LogP contribution in [0.25, 0.3) is 0 Å². The van der Waals surface area contributed by atoms with Gasteiger partial charge in [-0.15, -0.1) is 0 Å². The highest BCUT2D eigenvalue weighted by molar-refractivity contribution is 5.40. The van der Waals surface area contributed by atoms with Crippen molar-refractivity contribution in [3.05, 3.63) is 35.4 Å². The number of hydrogen-bond acceptors (Lipinski definition) is 2. The summed E-state index contributed by atoms with van der Waals surface area (Å²) in [6.45, 7) is 2.03. The molecule has 60 valence electrons. The van der Waals surface area contributed by atoms with Crippen LogP contribution in [0.5, 0.6) is 0 Å². The van der Waals surface area contributed by atoms with Crippen LogP contribution in [0.1, 0.15) is 17.0 Å². The molecule has 0 aliphatic carbocycles. The third-order valence-corrected chi connectivity index (χ3v) is 2.30. The van der Waals surface area contributed by atoms with Crippen molar-refractivity contribution in [3.8, 4) is 6.07 Å². The number of benzene rings is 1. The Morgan fingerprint density at radius 3 is 2.67 bits per heavy atom. The van der Waals surface area contributed by atoms with E-state index in [4.69, 9.17) is 5.26 Å². The molecule has 0 amide bonds. The van der Waals surface area contributed by atoms with E-state index in [1.807, 2.05) is 24.3 Å². The first-order valence-corrected chi connectivity index (χ1v) is 4.11. The van der Waals surface area contributed by atoms with Crippen LogP contribution in [0.3, 0.4) is 0 Å². The molecule has 1 aliphatic heterocycles. The molecule has 1 aromatic carbocycles.